The van der Waals surface area contributed by atoms with Gasteiger partial charge in [-0.25, -0.2) is 0 Å². The molecule has 1 aromatic rings. The number of hydrogen-bond acceptors (Lipinski definition) is 3. The van der Waals surface area contributed by atoms with E-state index in [2.05, 4.69) is 10.1 Å². The minimum absolute atomic E-state index is 0.119. The first-order chi connectivity index (χ1) is 10.3. The number of halogens is 3. The van der Waals surface area contributed by atoms with E-state index in [0.717, 1.165) is 12.1 Å². The molecule has 2 atom stereocenters. The van der Waals surface area contributed by atoms with Crippen LogP contribution >= 0.6 is 0 Å². The van der Waals surface area contributed by atoms with Crippen molar-refractivity contribution in [2.24, 2.45) is 11.8 Å². The first-order valence-corrected chi connectivity index (χ1v) is 6.61. The van der Waals surface area contributed by atoms with E-state index in [1.807, 2.05) is 0 Å². The van der Waals surface area contributed by atoms with Gasteiger partial charge in [-0.2, -0.15) is 0 Å². The lowest BCUT2D eigenvalue weighted by atomic mass is 9.73. The molecule has 0 aliphatic heterocycles. The molecule has 0 aromatic heterocycles. The fraction of sp³-hybridized carbons (Fsp3) is 0.429. The van der Waals surface area contributed by atoms with E-state index < -0.39 is 24.2 Å². The Kier molecular flexibility index (Phi) is 4.58. The van der Waals surface area contributed by atoms with Crippen LogP contribution in [0.25, 0.3) is 0 Å². The Morgan fingerprint density at radius 3 is 2.23 bits per heavy atom. The third-order valence-electron chi connectivity index (χ3n) is 3.55. The maximum atomic E-state index is 12.0. The van der Waals surface area contributed by atoms with E-state index in [1.165, 1.54) is 12.1 Å². The number of amides is 1. The highest BCUT2D eigenvalue weighted by Crippen LogP contribution is 2.34. The predicted molar refractivity (Wildman–Crippen MR) is 68.8 cm³/mol. The second kappa shape index (κ2) is 6.25. The normalized spacial score (nSPS) is 20.9. The Morgan fingerprint density at radius 2 is 1.77 bits per heavy atom. The third kappa shape index (κ3) is 4.12. The number of carboxylic acid groups (broad SMARTS) is 1. The topological polar surface area (TPSA) is 75.6 Å². The highest BCUT2D eigenvalue weighted by molar-refractivity contribution is 5.86. The molecule has 2 unspecified atom stereocenters. The van der Waals surface area contributed by atoms with Gasteiger partial charge in [0.05, 0.1) is 11.8 Å². The summed E-state index contributed by atoms with van der Waals surface area (Å²) >= 11 is 0. The quantitative estimate of drug-likeness (QED) is 0.874. The number of ether oxygens (including phenoxy) is 1. The minimum atomic E-state index is -4.74. The van der Waals surface area contributed by atoms with Gasteiger partial charge in [0.1, 0.15) is 5.75 Å². The van der Waals surface area contributed by atoms with E-state index in [-0.39, 0.29) is 18.2 Å². The summed E-state index contributed by atoms with van der Waals surface area (Å²) in [5.41, 5.74) is 0.592. The first kappa shape index (κ1) is 16.1. The molecule has 1 aromatic carbocycles. The fourth-order valence-corrected chi connectivity index (χ4v) is 2.24. The van der Waals surface area contributed by atoms with Gasteiger partial charge in [-0.05, 0) is 30.5 Å². The molecule has 120 valence electrons. The molecule has 0 bridgehead atoms. The zero-order valence-electron chi connectivity index (χ0n) is 11.4. The molecule has 22 heavy (non-hydrogen) atoms. The lowest BCUT2D eigenvalue weighted by molar-refractivity contribution is -0.274. The summed E-state index contributed by atoms with van der Waals surface area (Å²) in [5, 5.41) is 11.5. The van der Waals surface area contributed by atoms with Crippen molar-refractivity contribution in [1.82, 2.24) is 5.32 Å². The second-order valence-electron chi connectivity index (χ2n) is 5.04. The van der Waals surface area contributed by atoms with E-state index >= 15 is 0 Å². The van der Waals surface area contributed by atoms with Crippen molar-refractivity contribution in [2.45, 2.75) is 25.7 Å². The summed E-state index contributed by atoms with van der Waals surface area (Å²) in [4.78, 5) is 22.7. The van der Waals surface area contributed by atoms with Crippen LogP contribution in [-0.2, 0) is 16.1 Å². The van der Waals surface area contributed by atoms with Crippen molar-refractivity contribution in [3.05, 3.63) is 29.8 Å². The number of carboxylic acids is 1. The van der Waals surface area contributed by atoms with Gasteiger partial charge in [-0.15, -0.1) is 13.2 Å². The summed E-state index contributed by atoms with van der Waals surface area (Å²) in [6.07, 6.45) is -3.73. The van der Waals surface area contributed by atoms with Gasteiger partial charge in [0, 0.05) is 6.54 Å². The summed E-state index contributed by atoms with van der Waals surface area (Å²) < 4.78 is 39.7. The van der Waals surface area contributed by atoms with E-state index in [9.17, 15) is 22.8 Å². The standard InChI is InChI=1S/C14H14F3NO4/c15-14(16,17)22-9-3-1-8(2-4-9)7-18-12(19)10-5-6-11(10)13(20)21/h1-4,10-11H,5-7H2,(H,18,19)(H,20,21). The predicted octanol–water partition coefficient (Wildman–Crippen LogP) is 2.31. The van der Waals surface area contributed by atoms with Crippen molar-refractivity contribution >= 4 is 11.9 Å². The van der Waals surface area contributed by atoms with Crippen LogP contribution < -0.4 is 10.1 Å². The Hall–Kier alpha value is -2.25. The molecule has 0 saturated heterocycles. The monoisotopic (exact) mass is 317 g/mol. The van der Waals surface area contributed by atoms with Crippen LogP contribution in [0.4, 0.5) is 13.2 Å². The maximum Gasteiger partial charge on any atom is 0.573 e. The van der Waals surface area contributed by atoms with Gasteiger partial charge < -0.3 is 15.2 Å². The van der Waals surface area contributed by atoms with Crippen LogP contribution in [0.15, 0.2) is 24.3 Å². The summed E-state index contributed by atoms with van der Waals surface area (Å²) in [6, 6.07) is 5.10. The largest absolute Gasteiger partial charge is 0.573 e. The highest BCUT2D eigenvalue weighted by atomic mass is 19.4. The minimum Gasteiger partial charge on any atom is -0.481 e. The van der Waals surface area contributed by atoms with Gasteiger partial charge in [-0.1, -0.05) is 12.1 Å². The molecule has 1 fully saturated rings. The molecule has 1 saturated carbocycles. The number of alkyl halides is 3. The summed E-state index contributed by atoms with van der Waals surface area (Å²) in [7, 11) is 0. The molecule has 2 N–H and O–H groups in total. The average Bonchev–Trinajstić information content (AvgIpc) is 2.34. The molecule has 0 radical (unpaired) electrons. The van der Waals surface area contributed by atoms with Crippen LogP contribution in [0.1, 0.15) is 18.4 Å². The summed E-state index contributed by atoms with van der Waals surface area (Å²) in [6.45, 7) is 0.119. The van der Waals surface area contributed by atoms with Crippen molar-refractivity contribution in [1.29, 1.82) is 0 Å². The Morgan fingerprint density at radius 1 is 1.18 bits per heavy atom. The average molecular weight is 317 g/mol. The van der Waals surface area contributed by atoms with Crippen LogP contribution in [0.2, 0.25) is 0 Å². The SMILES string of the molecule is O=C(O)C1CCC1C(=O)NCc1ccc(OC(F)(F)F)cc1. The molecule has 1 aliphatic rings. The van der Waals surface area contributed by atoms with Crippen LogP contribution in [0.5, 0.6) is 5.75 Å². The molecule has 2 rings (SSSR count). The van der Waals surface area contributed by atoms with Gasteiger partial charge >= 0.3 is 12.3 Å². The van der Waals surface area contributed by atoms with E-state index in [1.54, 1.807) is 0 Å². The Balaban J connectivity index is 1.84. The lowest BCUT2D eigenvalue weighted by Gasteiger charge is -2.31. The van der Waals surface area contributed by atoms with Crippen LogP contribution in [0, 0.1) is 11.8 Å². The number of rotatable bonds is 5. The zero-order chi connectivity index (χ0) is 16.3. The molecular weight excluding hydrogens is 303 g/mol. The zero-order valence-corrected chi connectivity index (χ0v) is 11.4. The van der Waals surface area contributed by atoms with E-state index in [0.29, 0.717) is 18.4 Å². The number of hydrogen-bond donors (Lipinski definition) is 2. The van der Waals surface area contributed by atoms with Crippen LogP contribution in [0.3, 0.4) is 0 Å². The third-order valence-corrected chi connectivity index (χ3v) is 3.55. The number of carbonyl (C=O) groups is 2. The fourth-order valence-electron chi connectivity index (χ4n) is 2.24. The summed E-state index contributed by atoms with van der Waals surface area (Å²) in [5.74, 6) is -2.87. The van der Waals surface area contributed by atoms with Gasteiger partial charge in [0.15, 0.2) is 0 Å². The van der Waals surface area contributed by atoms with E-state index in [4.69, 9.17) is 5.11 Å². The van der Waals surface area contributed by atoms with Gasteiger partial charge in [0.2, 0.25) is 5.91 Å². The van der Waals surface area contributed by atoms with Crippen molar-refractivity contribution in [2.75, 3.05) is 0 Å². The molecular formula is C14H14F3NO4. The van der Waals surface area contributed by atoms with Gasteiger partial charge in [-0.3, -0.25) is 9.59 Å². The molecule has 0 heterocycles. The molecule has 1 amide bonds. The molecule has 0 spiro atoms. The maximum absolute atomic E-state index is 12.0. The van der Waals surface area contributed by atoms with Crippen molar-refractivity contribution in [3.63, 3.8) is 0 Å². The molecule has 8 heteroatoms. The number of aliphatic carboxylic acids is 1. The second-order valence-corrected chi connectivity index (χ2v) is 5.04. The molecule has 1 aliphatic carbocycles. The number of benzene rings is 1. The Labute approximate surface area is 124 Å². The van der Waals surface area contributed by atoms with Gasteiger partial charge in [0.25, 0.3) is 0 Å². The lowest BCUT2D eigenvalue weighted by Crippen LogP contribution is -2.43. The molecule has 5 nitrogen and oxygen atoms in total. The van der Waals surface area contributed by atoms with Crippen LogP contribution in [-0.4, -0.2) is 23.3 Å². The smallest absolute Gasteiger partial charge is 0.481 e. The van der Waals surface area contributed by atoms with Crippen molar-refractivity contribution in [3.8, 4) is 5.75 Å². The highest BCUT2D eigenvalue weighted by Gasteiger charge is 2.41. The first-order valence-electron chi connectivity index (χ1n) is 6.61. The Bertz CT molecular complexity index is 556. The van der Waals surface area contributed by atoms with Crippen molar-refractivity contribution < 1.29 is 32.6 Å². The number of nitrogens with one attached hydrogen (secondary N) is 1. The number of carbonyl (C=O) groups excluding carboxylic acids is 1.